The van der Waals surface area contributed by atoms with Crippen LogP contribution in [0.15, 0.2) is 0 Å². The molecule has 0 aromatic heterocycles. The zero-order chi connectivity index (χ0) is 13.0. The largest absolute Gasteiger partial charge is 0.344 e. The maximum atomic E-state index is 12.0. The molecule has 2 rings (SSSR count). The number of nitrogens with one attached hydrogen (secondary N) is 2. The lowest BCUT2D eigenvalue weighted by molar-refractivity contribution is -0.133. The Morgan fingerprint density at radius 3 is 2.78 bits per heavy atom. The molecule has 0 bridgehead atoms. The van der Waals surface area contributed by atoms with Crippen molar-refractivity contribution in [2.45, 2.75) is 18.9 Å². The zero-order valence-corrected chi connectivity index (χ0v) is 10.9. The summed E-state index contributed by atoms with van der Waals surface area (Å²) in [4.78, 5) is 27.2. The van der Waals surface area contributed by atoms with Gasteiger partial charge in [0.15, 0.2) is 0 Å². The van der Waals surface area contributed by atoms with Gasteiger partial charge in [-0.1, -0.05) is 0 Å². The fourth-order valence-electron chi connectivity index (χ4n) is 2.40. The van der Waals surface area contributed by atoms with Crippen molar-refractivity contribution < 1.29 is 9.59 Å². The fraction of sp³-hybridized carbons (Fsp3) is 0.833. The minimum absolute atomic E-state index is 0.0103. The first kappa shape index (κ1) is 13.3. The molecule has 0 aromatic carbocycles. The smallest absolute Gasteiger partial charge is 0.244 e. The number of piperazine rings is 1. The van der Waals surface area contributed by atoms with Gasteiger partial charge in [0.1, 0.15) is 6.04 Å². The second-order valence-electron chi connectivity index (χ2n) is 5.01. The number of carbonyl (C=O) groups is 2. The summed E-state index contributed by atoms with van der Waals surface area (Å²) in [6.45, 7) is 5.77. The molecule has 2 amide bonds. The van der Waals surface area contributed by atoms with Crippen LogP contribution in [0.1, 0.15) is 12.8 Å². The highest BCUT2D eigenvalue weighted by molar-refractivity contribution is 5.90. The maximum Gasteiger partial charge on any atom is 0.244 e. The van der Waals surface area contributed by atoms with Crippen molar-refractivity contribution in [1.82, 2.24) is 20.4 Å². The summed E-state index contributed by atoms with van der Waals surface area (Å²) in [6, 6.07) is -0.300. The van der Waals surface area contributed by atoms with Gasteiger partial charge in [-0.05, 0) is 6.42 Å². The molecule has 0 unspecified atom stereocenters. The Kier molecular flexibility index (Phi) is 4.54. The van der Waals surface area contributed by atoms with Crippen molar-refractivity contribution in [2.75, 3.05) is 46.3 Å². The van der Waals surface area contributed by atoms with Gasteiger partial charge >= 0.3 is 0 Å². The van der Waals surface area contributed by atoms with Crippen LogP contribution in [-0.2, 0) is 9.59 Å². The Balaban J connectivity index is 1.71. The highest BCUT2D eigenvalue weighted by Crippen LogP contribution is 2.09. The van der Waals surface area contributed by atoms with Crippen LogP contribution in [0.25, 0.3) is 0 Å². The third kappa shape index (κ3) is 3.43. The summed E-state index contributed by atoms with van der Waals surface area (Å²) in [5, 5.41) is 6.02. The summed E-state index contributed by atoms with van der Waals surface area (Å²) in [6.07, 6.45) is 1.11. The Morgan fingerprint density at radius 2 is 2.17 bits per heavy atom. The first-order valence-corrected chi connectivity index (χ1v) is 6.64. The molecule has 2 aliphatic heterocycles. The molecule has 6 nitrogen and oxygen atoms in total. The molecule has 102 valence electrons. The van der Waals surface area contributed by atoms with Crippen LogP contribution in [0, 0.1) is 0 Å². The molecule has 6 heteroatoms. The fourth-order valence-corrected chi connectivity index (χ4v) is 2.40. The van der Waals surface area contributed by atoms with Crippen LogP contribution in [0.2, 0.25) is 0 Å². The van der Waals surface area contributed by atoms with Crippen molar-refractivity contribution in [3.63, 3.8) is 0 Å². The maximum absolute atomic E-state index is 12.0. The van der Waals surface area contributed by atoms with Crippen molar-refractivity contribution in [2.24, 2.45) is 0 Å². The average Bonchev–Trinajstić information content (AvgIpc) is 2.83. The molecule has 0 aromatic rings. The van der Waals surface area contributed by atoms with Gasteiger partial charge in [-0.3, -0.25) is 14.5 Å². The highest BCUT2D eigenvalue weighted by atomic mass is 16.2. The topological polar surface area (TPSA) is 64.7 Å². The van der Waals surface area contributed by atoms with Gasteiger partial charge in [-0.25, -0.2) is 0 Å². The normalized spacial score (nSPS) is 24.9. The first-order chi connectivity index (χ1) is 8.66. The minimum atomic E-state index is -0.300. The van der Waals surface area contributed by atoms with Gasteiger partial charge in [0.05, 0.1) is 0 Å². The van der Waals surface area contributed by atoms with Crippen LogP contribution in [0.3, 0.4) is 0 Å². The number of hydrogen-bond acceptors (Lipinski definition) is 4. The number of nitrogens with zero attached hydrogens (tertiary/aromatic N) is 2. The van der Waals surface area contributed by atoms with Gasteiger partial charge in [0, 0.05) is 52.7 Å². The van der Waals surface area contributed by atoms with E-state index in [0.717, 1.165) is 39.3 Å². The van der Waals surface area contributed by atoms with Gasteiger partial charge in [0.25, 0.3) is 0 Å². The predicted molar refractivity (Wildman–Crippen MR) is 68.1 cm³/mol. The molecule has 2 fully saturated rings. The third-order valence-electron chi connectivity index (χ3n) is 3.63. The number of amides is 2. The third-order valence-corrected chi connectivity index (χ3v) is 3.63. The molecule has 2 saturated heterocycles. The van der Waals surface area contributed by atoms with E-state index >= 15 is 0 Å². The van der Waals surface area contributed by atoms with E-state index in [-0.39, 0.29) is 17.9 Å². The van der Waals surface area contributed by atoms with Crippen LogP contribution in [0.5, 0.6) is 0 Å². The Hall–Kier alpha value is -1.14. The molecule has 1 atom stereocenters. The van der Waals surface area contributed by atoms with Crippen LogP contribution in [0.4, 0.5) is 0 Å². The second kappa shape index (κ2) is 6.15. The summed E-state index contributed by atoms with van der Waals surface area (Å²) < 4.78 is 0. The van der Waals surface area contributed by atoms with Crippen molar-refractivity contribution in [3.05, 3.63) is 0 Å². The molecule has 18 heavy (non-hydrogen) atoms. The second-order valence-corrected chi connectivity index (χ2v) is 5.01. The van der Waals surface area contributed by atoms with E-state index in [1.165, 1.54) is 0 Å². The van der Waals surface area contributed by atoms with Crippen molar-refractivity contribution in [3.8, 4) is 0 Å². The summed E-state index contributed by atoms with van der Waals surface area (Å²) >= 11 is 0. The molecule has 0 aliphatic carbocycles. The monoisotopic (exact) mass is 254 g/mol. The zero-order valence-electron chi connectivity index (χ0n) is 10.9. The first-order valence-electron chi connectivity index (χ1n) is 6.64. The molecule has 0 saturated carbocycles. The molecule has 0 spiro atoms. The van der Waals surface area contributed by atoms with E-state index in [4.69, 9.17) is 0 Å². The van der Waals surface area contributed by atoms with E-state index in [1.807, 2.05) is 7.05 Å². The molecular formula is C12H22N4O2. The van der Waals surface area contributed by atoms with Crippen LogP contribution < -0.4 is 10.6 Å². The SMILES string of the molecule is CN(CCN1CCNCC1)C(=O)[C@@H]1CCC(=O)N1. The highest BCUT2D eigenvalue weighted by Gasteiger charge is 2.29. The Morgan fingerprint density at radius 1 is 1.44 bits per heavy atom. The van der Waals surface area contributed by atoms with Crippen LogP contribution >= 0.6 is 0 Å². The van der Waals surface area contributed by atoms with Gasteiger partial charge < -0.3 is 15.5 Å². The average molecular weight is 254 g/mol. The summed E-state index contributed by atoms with van der Waals surface area (Å²) in [7, 11) is 1.81. The standard InChI is InChI=1S/C12H22N4O2/c1-15(8-9-16-6-4-13-5-7-16)12(18)10-2-3-11(17)14-10/h10,13H,2-9H2,1H3,(H,14,17)/t10-/m0/s1. The van der Waals surface area contributed by atoms with Crippen molar-refractivity contribution >= 4 is 11.8 Å². The lowest BCUT2D eigenvalue weighted by Crippen LogP contribution is -2.48. The van der Waals surface area contributed by atoms with E-state index in [2.05, 4.69) is 15.5 Å². The molecule has 2 N–H and O–H groups in total. The summed E-state index contributed by atoms with van der Waals surface area (Å²) in [5.74, 6) is 0.0276. The lowest BCUT2D eigenvalue weighted by atomic mass is 10.2. The predicted octanol–water partition coefficient (Wildman–Crippen LogP) is -1.37. The molecule has 2 aliphatic rings. The van der Waals surface area contributed by atoms with Gasteiger partial charge in [0.2, 0.25) is 11.8 Å². The minimum Gasteiger partial charge on any atom is -0.344 e. The summed E-state index contributed by atoms with van der Waals surface area (Å²) in [5.41, 5.74) is 0. The Labute approximate surface area is 108 Å². The number of hydrogen-bond donors (Lipinski definition) is 2. The lowest BCUT2D eigenvalue weighted by Gasteiger charge is -2.29. The van der Waals surface area contributed by atoms with Gasteiger partial charge in [-0.2, -0.15) is 0 Å². The quantitative estimate of drug-likeness (QED) is 0.649. The van der Waals surface area contributed by atoms with Crippen LogP contribution in [-0.4, -0.2) is 74.0 Å². The van der Waals surface area contributed by atoms with E-state index in [0.29, 0.717) is 12.8 Å². The van der Waals surface area contributed by atoms with Crippen molar-refractivity contribution in [1.29, 1.82) is 0 Å². The van der Waals surface area contributed by atoms with Gasteiger partial charge in [-0.15, -0.1) is 0 Å². The Bertz CT molecular complexity index is 315. The van der Waals surface area contributed by atoms with E-state index in [1.54, 1.807) is 4.90 Å². The molecule has 2 heterocycles. The number of rotatable bonds is 4. The van der Waals surface area contributed by atoms with E-state index < -0.39 is 0 Å². The molecular weight excluding hydrogens is 232 g/mol. The molecule has 0 radical (unpaired) electrons. The number of likely N-dealkylation sites (N-methyl/N-ethyl adjacent to an activating group) is 1. The van der Waals surface area contributed by atoms with E-state index in [9.17, 15) is 9.59 Å². The number of carbonyl (C=O) groups excluding carboxylic acids is 2.